The second kappa shape index (κ2) is 10.5. The van der Waals surface area contributed by atoms with E-state index in [4.69, 9.17) is 11.6 Å². The number of aromatic nitrogens is 3. The number of benzene rings is 2. The molecule has 0 fully saturated rings. The number of ether oxygens (including phenoxy) is 1. The van der Waals surface area contributed by atoms with Crippen molar-refractivity contribution in [3.63, 3.8) is 0 Å². The number of hydrogen-bond donors (Lipinski definition) is 2. The number of nitrogens with zero attached hydrogens (tertiary/aromatic N) is 4. The number of aliphatic imine (C=N–C) groups is 1. The van der Waals surface area contributed by atoms with E-state index in [0.29, 0.717) is 29.6 Å². The summed E-state index contributed by atoms with van der Waals surface area (Å²) in [5, 5.41) is 10.8. The summed E-state index contributed by atoms with van der Waals surface area (Å²) in [6.07, 6.45) is 3.16. The van der Waals surface area contributed by atoms with Crippen molar-refractivity contribution >= 4 is 17.6 Å². The normalized spacial score (nSPS) is 11.6. The molecule has 3 rings (SSSR count). The highest BCUT2D eigenvalue weighted by Gasteiger charge is 2.11. The van der Waals surface area contributed by atoms with E-state index in [1.807, 2.05) is 18.2 Å². The molecule has 0 spiro atoms. The second-order valence-corrected chi connectivity index (χ2v) is 6.76. The Morgan fingerprint density at radius 1 is 1.17 bits per heavy atom. The molecule has 0 atom stereocenters. The summed E-state index contributed by atoms with van der Waals surface area (Å²) in [4.78, 5) is 8.11. The minimum Gasteiger partial charge on any atom is -0.434 e. The number of alkyl halides is 2. The molecule has 0 aliphatic carbocycles. The van der Waals surface area contributed by atoms with Gasteiger partial charge in [0.2, 0.25) is 0 Å². The van der Waals surface area contributed by atoms with Crippen molar-refractivity contribution in [2.45, 2.75) is 26.2 Å². The summed E-state index contributed by atoms with van der Waals surface area (Å²) < 4.78 is 31.5. The monoisotopic (exact) mass is 434 g/mol. The Morgan fingerprint density at radius 3 is 2.70 bits per heavy atom. The second-order valence-electron chi connectivity index (χ2n) is 6.32. The maximum absolute atomic E-state index is 12.6. The van der Waals surface area contributed by atoms with Crippen molar-refractivity contribution in [3.8, 4) is 5.75 Å². The van der Waals surface area contributed by atoms with Crippen molar-refractivity contribution in [1.29, 1.82) is 0 Å². The largest absolute Gasteiger partial charge is 0.434 e. The highest BCUT2D eigenvalue weighted by Crippen LogP contribution is 2.24. The Morgan fingerprint density at radius 2 is 1.97 bits per heavy atom. The van der Waals surface area contributed by atoms with Crippen LogP contribution in [0.25, 0.3) is 0 Å². The zero-order valence-corrected chi connectivity index (χ0v) is 17.0. The summed E-state index contributed by atoms with van der Waals surface area (Å²) in [5.74, 6) is 0.581. The van der Waals surface area contributed by atoms with E-state index >= 15 is 0 Å². The van der Waals surface area contributed by atoms with Gasteiger partial charge in [-0.25, -0.2) is 9.67 Å². The average Bonchev–Trinajstić information content (AvgIpc) is 3.23. The van der Waals surface area contributed by atoms with Crippen LogP contribution in [0.4, 0.5) is 8.78 Å². The van der Waals surface area contributed by atoms with E-state index in [0.717, 1.165) is 11.1 Å². The molecule has 3 aromatic rings. The summed E-state index contributed by atoms with van der Waals surface area (Å²) in [7, 11) is 1.63. The van der Waals surface area contributed by atoms with E-state index < -0.39 is 6.61 Å². The third-order valence-electron chi connectivity index (χ3n) is 4.17. The molecular formula is C20H21ClF2N6O. The predicted octanol–water partition coefficient (Wildman–Crippen LogP) is 3.45. The van der Waals surface area contributed by atoms with Gasteiger partial charge in [-0.05, 0) is 29.3 Å². The molecule has 0 radical (unpaired) electrons. The van der Waals surface area contributed by atoms with Gasteiger partial charge in [0.25, 0.3) is 0 Å². The quantitative estimate of drug-likeness (QED) is 0.419. The molecule has 7 nitrogen and oxygen atoms in total. The molecule has 0 saturated heterocycles. The molecule has 30 heavy (non-hydrogen) atoms. The molecule has 2 aromatic carbocycles. The third-order valence-corrected chi connectivity index (χ3v) is 4.41. The van der Waals surface area contributed by atoms with Crippen LogP contribution in [0.3, 0.4) is 0 Å². The minimum atomic E-state index is -2.91. The van der Waals surface area contributed by atoms with E-state index in [9.17, 15) is 8.78 Å². The Hall–Kier alpha value is -3.20. The Labute approximate surface area is 177 Å². The van der Waals surface area contributed by atoms with Crippen LogP contribution >= 0.6 is 11.6 Å². The van der Waals surface area contributed by atoms with Crippen molar-refractivity contribution in [1.82, 2.24) is 25.4 Å². The molecule has 1 aromatic heterocycles. The Balaban J connectivity index is 1.57. The molecule has 0 amide bonds. The Bertz CT molecular complexity index is 981. The molecular weight excluding hydrogens is 414 g/mol. The van der Waals surface area contributed by atoms with Crippen LogP contribution in [0.2, 0.25) is 5.02 Å². The minimum absolute atomic E-state index is 0.0677. The number of guanidine groups is 1. The standard InChI is InChI=1S/C20H21ClF2N6O/c1-24-20(27-10-16-8-17(21)5-6-18(16)30-19(22)23)26-9-14-3-2-4-15(7-14)11-29-13-25-12-28-29/h2-8,12-13,19H,9-11H2,1H3,(H2,24,26,27). The number of nitrogens with one attached hydrogen (secondary N) is 2. The molecule has 2 N–H and O–H groups in total. The molecule has 0 saturated carbocycles. The average molecular weight is 435 g/mol. The summed E-state index contributed by atoms with van der Waals surface area (Å²) in [5.41, 5.74) is 2.65. The van der Waals surface area contributed by atoms with Gasteiger partial charge in [-0.15, -0.1) is 0 Å². The van der Waals surface area contributed by atoms with E-state index in [-0.39, 0.29) is 12.3 Å². The Kier molecular flexibility index (Phi) is 7.56. The highest BCUT2D eigenvalue weighted by atomic mass is 35.5. The van der Waals surface area contributed by atoms with Gasteiger partial charge in [0, 0.05) is 30.7 Å². The van der Waals surface area contributed by atoms with Crippen molar-refractivity contribution in [2.24, 2.45) is 4.99 Å². The van der Waals surface area contributed by atoms with Crippen LogP contribution in [0.15, 0.2) is 60.1 Å². The van der Waals surface area contributed by atoms with Gasteiger partial charge in [-0.2, -0.15) is 13.9 Å². The zero-order chi connectivity index (χ0) is 21.3. The number of hydrogen-bond acceptors (Lipinski definition) is 4. The molecule has 0 bridgehead atoms. The first-order chi connectivity index (χ1) is 14.5. The summed E-state index contributed by atoms with van der Waals surface area (Å²) >= 11 is 5.98. The van der Waals surface area contributed by atoms with E-state index in [1.54, 1.807) is 24.1 Å². The van der Waals surface area contributed by atoms with Gasteiger partial charge in [-0.1, -0.05) is 35.9 Å². The van der Waals surface area contributed by atoms with Gasteiger partial charge >= 0.3 is 6.61 Å². The number of rotatable bonds is 8. The lowest BCUT2D eigenvalue weighted by Crippen LogP contribution is -2.36. The van der Waals surface area contributed by atoms with Crippen LogP contribution in [0.1, 0.15) is 16.7 Å². The van der Waals surface area contributed by atoms with Crippen LogP contribution in [0.5, 0.6) is 5.75 Å². The molecule has 10 heteroatoms. The van der Waals surface area contributed by atoms with Crippen LogP contribution in [-0.2, 0) is 19.6 Å². The number of halogens is 3. The zero-order valence-electron chi connectivity index (χ0n) is 16.2. The van der Waals surface area contributed by atoms with Gasteiger partial charge in [0.1, 0.15) is 18.4 Å². The third kappa shape index (κ3) is 6.41. The fourth-order valence-electron chi connectivity index (χ4n) is 2.82. The lowest BCUT2D eigenvalue weighted by Gasteiger charge is -2.15. The van der Waals surface area contributed by atoms with Gasteiger partial charge in [0.15, 0.2) is 5.96 Å². The molecule has 158 valence electrons. The highest BCUT2D eigenvalue weighted by molar-refractivity contribution is 6.30. The smallest absolute Gasteiger partial charge is 0.387 e. The van der Waals surface area contributed by atoms with E-state index in [1.165, 1.54) is 18.5 Å². The lowest BCUT2D eigenvalue weighted by molar-refractivity contribution is -0.0504. The SMILES string of the molecule is CN=C(NCc1cccc(Cn2cncn2)c1)NCc1cc(Cl)ccc1OC(F)F. The summed E-state index contributed by atoms with van der Waals surface area (Å²) in [6, 6.07) is 12.5. The molecule has 1 heterocycles. The molecule has 0 unspecified atom stereocenters. The van der Waals surface area contributed by atoms with Crippen LogP contribution in [-0.4, -0.2) is 34.4 Å². The van der Waals surface area contributed by atoms with Crippen molar-refractivity contribution < 1.29 is 13.5 Å². The van der Waals surface area contributed by atoms with Crippen molar-refractivity contribution in [3.05, 3.63) is 76.8 Å². The molecule has 0 aliphatic rings. The van der Waals surface area contributed by atoms with Crippen molar-refractivity contribution in [2.75, 3.05) is 7.05 Å². The fourth-order valence-corrected chi connectivity index (χ4v) is 3.02. The predicted molar refractivity (Wildman–Crippen MR) is 111 cm³/mol. The lowest BCUT2D eigenvalue weighted by atomic mass is 10.1. The van der Waals surface area contributed by atoms with Crippen LogP contribution in [0, 0.1) is 0 Å². The first-order valence-electron chi connectivity index (χ1n) is 9.11. The van der Waals surface area contributed by atoms with Gasteiger partial charge in [-0.3, -0.25) is 4.99 Å². The maximum atomic E-state index is 12.6. The fraction of sp³-hybridized carbons (Fsp3) is 0.250. The van der Waals surface area contributed by atoms with Gasteiger partial charge < -0.3 is 15.4 Å². The maximum Gasteiger partial charge on any atom is 0.387 e. The van der Waals surface area contributed by atoms with Crippen LogP contribution < -0.4 is 15.4 Å². The topological polar surface area (TPSA) is 76.4 Å². The summed E-state index contributed by atoms with van der Waals surface area (Å²) in [6.45, 7) is -1.54. The van der Waals surface area contributed by atoms with Gasteiger partial charge in [0.05, 0.1) is 6.54 Å². The first-order valence-corrected chi connectivity index (χ1v) is 9.49. The van der Waals surface area contributed by atoms with E-state index in [2.05, 4.69) is 36.5 Å². The molecule has 0 aliphatic heterocycles. The first kappa shape index (κ1) is 21.5.